The van der Waals surface area contributed by atoms with Gasteiger partial charge in [0.1, 0.15) is 36.8 Å². The van der Waals surface area contributed by atoms with E-state index in [1.807, 2.05) is 19.9 Å². The zero-order valence-electron chi connectivity index (χ0n) is 51.5. The molecule has 0 bridgehead atoms. The van der Waals surface area contributed by atoms with Gasteiger partial charge in [-0.05, 0) is 72.6 Å². The lowest BCUT2D eigenvalue weighted by Gasteiger charge is -2.41. The van der Waals surface area contributed by atoms with Gasteiger partial charge >= 0.3 is 18.1 Å². The Labute approximate surface area is 495 Å². The average Bonchev–Trinajstić information content (AvgIpc) is 4.10. The molecule has 1 heterocycles. The molecule has 24 heteroatoms. The zero-order valence-corrected chi connectivity index (χ0v) is 51.5. The SMILES string of the molecule is CCC(C)C(C(CC(=O)N1CCCC1C(OC)C(C)C(=O)NC(Cc1ccccc1)C(=O)O)OC)N(C)C(=O)C(NC(=O)C(C(C)C)N(C)C(=O)OCc1ccc(NC(=O)C(CCCNC(N)=O)NC(=O)C(NC(C)=O)C(C)C)cc1)C(C)C. The number of anilines is 1. The van der Waals surface area contributed by atoms with Crippen molar-refractivity contribution in [3.05, 3.63) is 65.7 Å². The van der Waals surface area contributed by atoms with Crippen molar-refractivity contribution in [2.24, 2.45) is 35.3 Å². The van der Waals surface area contributed by atoms with Crippen LogP contribution in [0.3, 0.4) is 0 Å². The monoisotopic (exact) mass is 1180 g/mol. The zero-order chi connectivity index (χ0) is 63.1. The number of hydrogen-bond acceptors (Lipinski definition) is 13. The molecule has 1 saturated heterocycles. The number of likely N-dealkylation sites (N-methyl/N-ethyl adjacent to an activating group) is 2. The number of nitrogens with one attached hydrogen (secondary N) is 6. The molecule has 0 saturated carbocycles. The van der Waals surface area contributed by atoms with E-state index in [9.17, 15) is 53.1 Å². The van der Waals surface area contributed by atoms with Crippen molar-refractivity contribution in [3.63, 3.8) is 0 Å². The summed E-state index contributed by atoms with van der Waals surface area (Å²) in [6, 6.07) is 8.21. The largest absolute Gasteiger partial charge is 0.480 e. The highest BCUT2D eigenvalue weighted by Crippen LogP contribution is 2.30. The van der Waals surface area contributed by atoms with Crippen LogP contribution in [0.1, 0.15) is 119 Å². The van der Waals surface area contributed by atoms with E-state index in [-0.39, 0.29) is 50.2 Å². The first-order chi connectivity index (χ1) is 39.6. The molecular formula is C60H94N10O14. The normalized spacial score (nSPS) is 16.8. The Balaban J connectivity index is 1.72. The Morgan fingerprint density at radius 3 is 1.88 bits per heavy atom. The van der Waals surface area contributed by atoms with Gasteiger partial charge in [0.15, 0.2) is 0 Å². The number of likely N-dealkylation sites (tertiary alicyclic amines) is 1. The molecule has 84 heavy (non-hydrogen) atoms. The summed E-state index contributed by atoms with van der Waals surface area (Å²) in [5, 5.41) is 26.1. The molecule has 0 spiro atoms. The average molecular weight is 1180 g/mol. The van der Waals surface area contributed by atoms with Crippen LogP contribution in [0.5, 0.6) is 0 Å². The maximum absolute atomic E-state index is 14.7. The number of carbonyl (C=O) groups excluding carboxylic acids is 9. The van der Waals surface area contributed by atoms with E-state index in [0.29, 0.717) is 43.5 Å². The third-order valence-electron chi connectivity index (χ3n) is 15.5. The first kappa shape index (κ1) is 70.9. The minimum absolute atomic E-state index is 0.0821. The molecule has 10 amide bonds. The number of urea groups is 1. The second-order valence-corrected chi connectivity index (χ2v) is 22.9. The van der Waals surface area contributed by atoms with Crippen LogP contribution in [0.25, 0.3) is 0 Å². The molecule has 9 N–H and O–H groups in total. The number of carboxylic acids is 1. The van der Waals surface area contributed by atoms with Gasteiger partial charge in [-0.15, -0.1) is 0 Å². The summed E-state index contributed by atoms with van der Waals surface area (Å²) >= 11 is 0. The summed E-state index contributed by atoms with van der Waals surface area (Å²) in [4.78, 5) is 137. The molecule has 0 radical (unpaired) electrons. The summed E-state index contributed by atoms with van der Waals surface area (Å²) in [7, 11) is 5.99. The smallest absolute Gasteiger partial charge is 0.410 e. The Bertz CT molecular complexity index is 2520. The Morgan fingerprint density at radius 2 is 1.35 bits per heavy atom. The van der Waals surface area contributed by atoms with Gasteiger partial charge < -0.3 is 66.8 Å². The highest BCUT2D eigenvalue weighted by atomic mass is 16.6. The molecule has 0 aromatic heterocycles. The van der Waals surface area contributed by atoms with Crippen molar-refractivity contribution < 1.29 is 67.3 Å². The Kier molecular flexibility index (Phi) is 29.1. The molecule has 3 rings (SSSR count). The fraction of sp³-hybridized carbons (Fsp3) is 0.633. The van der Waals surface area contributed by atoms with Crippen LogP contribution in [0, 0.1) is 29.6 Å². The molecule has 1 aliphatic heterocycles. The van der Waals surface area contributed by atoms with Gasteiger partial charge in [0.05, 0.1) is 36.6 Å². The summed E-state index contributed by atoms with van der Waals surface area (Å²) in [5.41, 5.74) is 6.83. The molecule has 1 aliphatic rings. The van der Waals surface area contributed by atoms with E-state index in [2.05, 4.69) is 31.9 Å². The second-order valence-electron chi connectivity index (χ2n) is 22.9. The molecule has 468 valence electrons. The number of nitrogens with two attached hydrogens (primary N) is 1. The number of rotatable bonds is 33. The number of carboxylic acid groups (broad SMARTS) is 1. The van der Waals surface area contributed by atoms with Crippen LogP contribution < -0.4 is 37.6 Å². The van der Waals surface area contributed by atoms with Crippen LogP contribution in [0.2, 0.25) is 0 Å². The molecule has 0 aliphatic carbocycles. The minimum atomic E-state index is -1.19. The van der Waals surface area contributed by atoms with Crippen molar-refractivity contribution in [3.8, 4) is 0 Å². The van der Waals surface area contributed by atoms with Crippen molar-refractivity contribution in [2.75, 3.05) is 46.7 Å². The predicted octanol–water partition coefficient (Wildman–Crippen LogP) is 4.19. The highest BCUT2D eigenvalue weighted by molar-refractivity contribution is 5.98. The van der Waals surface area contributed by atoms with Gasteiger partial charge in [-0.1, -0.05) is 111 Å². The maximum atomic E-state index is 14.7. The van der Waals surface area contributed by atoms with E-state index >= 15 is 0 Å². The summed E-state index contributed by atoms with van der Waals surface area (Å²) < 4.78 is 17.6. The quantitative estimate of drug-likeness (QED) is 0.0465. The van der Waals surface area contributed by atoms with E-state index < -0.39 is 126 Å². The number of ether oxygens (including phenoxy) is 3. The van der Waals surface area contributed by atoms with Gasteiger partial charge in [-0.3, -0.25) is 38.5 Å². The standard InChI is InChI=1S/C60H94N10O14/c1-15-37(8)51(46(82-13)32-47(72)70-30-20-24-45(70)52(83-14)38(9)53(73)66-44(58(78)79)31-40-21-17-16-18-22-40)68(11)57(77)49(35(4)5)67-56(76)50(36(6)7)69(12)60(81)84-33-41-25-27-42(28-26-41)64-54(74)43(23-19-29-62-59(61)80)65-55(75)48(34(2)3)63-39(10)71/h16-18,21-22,25-28,34-38,43-46,48-52H,15,19-20,23-24,29-33H2,1-14H3,(H,63,71)(H,64,74)(H,65,75)(H,66,73)(H,67,76)(H,78,79)(H3,61,62,80). The van der Waals surface area contributed by atoms with Gasteiger partial charge in [-0.2, -0.15) is 0 Å². The summed E-state index contributed by atoms with van der Waals surface area (Å²) in [6.07, 6.45) is -0.236. The number of primary amides is 1. The van der Waals surface area contributed by atoms with Crippen LogP contribution >= 0.6 is 0 Å². The third kappa shape index (κ3) is 21.1. The molecule has 1 fully saturated rings. The number of benzene rings is 2. The van der Waals surface area contributed by atoms with Gasteiger partial charge in [0, 0.05) is 60.4 Å². The molecule has 24 nitrogen and oxygen atoms in total. The summed E-state index contributed by atoms with van der Waals surface area (Å²) in [5.74, 6) is -6.71. The topological polar surface area (TPSA) is 327 Å². The lowest BCUT2D eigenvalue weighted by molar-refractivity contribution is -0.148. The number of carbonyl (C=O) groups is 10. The van der Waals surface area contributed by atoms with Crippen molar-refractivity contribution in [1.29, 1.82) is 0 Å². The maximum Gasteiger partial charge on any atom is 0.410 e. The number of amides is 10. The summed E-state index contributed by atoms with van der Waals surface area (Å²) in [6.45, 7) is 17.8. The molecule has 11 unspecified atom stereocenters. The second kappa shape index (κ2) is 34.4. The van der Waals surface area contributed by atoms with E-state index in [0.717, 1.165) is 5.56 Å². The highest BCUT2D eigenvalue weighted by Gasteiger charge is 2.44. The fourth-order valence-electron chi connectivity index (χ4n) is 10.6. The first-order valence-electron chi connectivity index (χ1n) is 29.0. The van der Waals surface area contributed by atoms with Crippen LogP contribution in [-0.2, 0) is 65.6 Å². The van der Waals surface area contributed by atoms with E-state index in [1.54, 1.807) is 109 Å². The van der Waals surface area contributed by atoms with Crippen LogP contribution in [-0.4, -0.2) is 175 Å². The van der Waals surface area contributed by atoms with Gasteiger partial charge in [0.2, 0.25) is 41.4 Å². The van der Waals surface area contributed by atoms with Crippen molar-refractivity contribution in [2.45, 2.75) is 175 Å². The van der Waals surface area contributed by atoms with Crippen LogP contribution in [0.15, 0.2) is 54.6 Å². The predicted molar refractivity (Wildman–Crippen MR) is 315 cm³/mol. The molecule has 2 aromatic carbocycles. The lowest BCUT2D eigenvalue weighted by Crippen LogP contribution is -2.60. The van der Waals surface area contributed by atoms with Crippen molar-refractivity contribution >= 4 is 65.1 Å². The number of aliphatic carboxylic acids is 1. The fourth-order valence-corrected chi connectivity index (χ4v) is 10.6. The van der Waals surface area contributed by atoms with Gasteiger partial charge in [-0.25, -0.2) is 14.4 Å². The van der Waals surface area contributed by atoms with Crippen LogP contribution in [0.4, 0.5) is 15.3 Å². The Morgan fingerprint density at radius 1 is 0.726 bits per heavy atom. The molecule has 2 aromatic rings. The molecular weight excluding hydrogens is 1080 g/mol. The Hall–Kier alpha value is -7.34. The third-order valence-corrected chi connectivity index (χ3v) is 15.5. The minimum Gasteiger partial charge on any atom is -0.480 e. The number of methoxy groups -OCH3 is 2. The lowest BCUT2D eigenvalue weighted by atomic mass is 9.89. The first-order valence-corrected chi connectivity index (χ1v) is 29.0. The number of hydrogen-bond donors (Lipinski definition) is 8. The van der Waals surface area contributed by atoms with Crippen molar-refractivity contribution in [1.82, 2.24) is 41.3 Å². The van der Waals surface area contributed by atoms with Gasteiger partial charge in [0.25, 0.3) is 0 Å². The number of nitrogens with zero attached hydrogens (tertiary/aromatic N) is 3. The van der Waals surface area contributed by atoms with E-state index in [4.69, 9.17) is 19.9 Å². The molecule has 11 atom stereocenters. The van der Waals surface area contributed by atoms with E-state index in [1.165, 1.54) is 38.0 Å².